The van der Waals surface area contributed by atoms with Gasteiger partial charge in [-0.25, -0.2) is 0 Å². The molecule has 0 fully saturated rings. The molecule has 92 valence electrons. The number of hydrogen-bond acceptors (Lipinski definition) is 3. The first-order chi connectivity index (χ1) is 8.77. The van der Waals surface area contributed by atoms with E-state index in [1.807, 2.05) is 61.5 Å². The molecule has 2 atom stereocenters. The van der Waals surface area contributed by atoms with E-state index in [9.17, 15) is 5.21 Å². The van der Waals surface area contributed by atoms with Crippen molar-refractivity contribution >= 4 is 0 Å². The quantitative estimate of drug-likeness (QED) is 0.832. The highest BCUT2D eigenvalue weighted by Crippen LogP contribution is 2.39. The fourth-order valence-corrected chi connectivity index (χ4v) is 2.37. The second-order valence-corrected chi connectivity index (χ2v) is 4.45. The van der Waals surface area contributed by atoms with Crippen molar-refractivity contribution in [1.82, 2.24) is 5.06 Å². The normalized spacial score (nSPS) is 23.2. The van der Waals surface area contributed by atoms with Gasteiger partial charge in [0, 0.05) is 5.56 Å². The summed E-state index contributed by atoms with van der Waals surface area (Å²) in [7, 11) is 0. The minimum atomic E-state index is -0.356. The minimum absolute atomic E-state index is 0.175. The predicted octanol–water partition coefficient (Wildman–Crippen LogP) is 3.21. The van der Waals surface area contributed by atoms with Crippen molar-refractivity contribution in [2.45, 2.75) is 19.2 Å². The van der Waals surface area contributed by atoms with Crippen molar-refractivity contribution in [2.75, 3.05) is 0 Å². The highest BCUT2D eigenvalue weighted by molar-refractivity contribution is 5.42. The number of para-hydroxylation sites is 1. The predicted molar refractivity (Wildman–Crippen MR) is 68.4 cm³/mol. The van der Waals surface area contributed by atoms with Gasteiger partial charge < -0.3 is 9.94 Å². The second-order valence-electron chi connectivity index (χ2n) is 4.45. The van der Waals surface area contributed by atoms with Crippen LogP contribution in [-0.4, -0.2) is 16.5 Å². The largest absolute Gasteiger partial charge is 0.473 e. The van der Waals surface area contributed by atoms with Crippen LogP contribution in [0.2, 0.25) is 0 Å². The van der Waals surface area contributed by atoms with Crippen molar-refractivity contribution in [1.29, 1.82) is 0 Å². The molecular weight excluding hydrogens is 226 g/mol. The van der Waals surface area contributed by atoms with E-state index in [1.165, 1.54) is 5.06 Å². The third-order valence-corrected chi connectivity index (χ3v) is 3.26. The Balaban J connectivity index is 2.12. The van der Waals surface area contributed by atoms with Crippen LogP contribution in [0.5, 0.6) is 5.75 Å². The van der Waals surface area contributed by atoms with Gasteiger partial charge in [-0.15, -0.1) is 5.06 Å². The van der Waals surface area contributed by atoms with Gasteiger partial charge in [-0.05, 0) is 18.6 Å². The number of ether oxygens (including phenoxy) is 1. The first-order valence-electron chi connectivity index (χ1n) is 6.05. The molecule has 2 unspecified atom stereocenters. The van der Waals surface area contributed by atoms with Gasteiger partial charge >= 0.3 is 0 Å². The lowest BCUT2D eigenvalue weighted by molar-refractivity contribution is -0.210. The van der Waals surface area contributed by atoms with Gasteiger partial charge in [-0.2, -0.15) is 0 Å². The lowest BCUT2D eigenvalue weighted by atomic mass is 9.96. The molecule has 1 N–H and O–H groups in total. The van der Waals surface area contributed by atoms with Crippen LogP contribution in [0.1, 0.15) is 24.1 Å². The van der Waals surface area contributed by atoms with Crippen LogP contribution in [-0.2, 0) is 0 Å². The smallest absolute Gasteiger partial charge is 0.172 e. The fraction of sp³-hybridized carbons (Fsp3) is 0.200. The Morgan fingerprint density at radius 2 is 1.67 bits per heavy atom. The summed E-state index contributed by atoms with van der Waals surface area (Å²) in [5, 5.41) is 11.5. The number of rotatable bonds is 1. The van der Waals surface area contributed by atoms with E-state index in [1.54, 1.807) is 0 Å². The Kier molecular flexibility index (Phi) is 2.78. The molecule has 0 bridgehead atoms. The Labute approximate surface area is 106 Å². The summed E-state index contributed by atoms with van der Waals surface area (Å²) in [5.74, 6) is 0.837. The Morgan fingerprint density at radius 3 is 2.44 bits per heavy atom. The maximum atomic E-state index is 10.2. The summed E-state index contributed by atoms with van der Waals surface area (Å²) < 4.78 is 5.67. The average Bonchev–Trinajstić information content (AvgIpc) is 2.41. The molecule has 0 aromatic heterocycles. The van der Waals surface area contributed by atoms with Crippen LogP contribution in [0.25, 0.3) is 0 Å². The molecule has 2 aromatic rings. The zero-order valence-electron chi connectivity index (χ0n) is 10.2. The lowest BCUT2D eigenvalue weighted by Crippen LogP contribution is -2.41. The van der Waals surface area contributed by atoms with Crippen LogP contribution in [0, 0.1) is 0 Å². The van der Waals surface area contributed by atoms with Crippen molar-refractivity contribution in [3.63, 3.8) is 0 Å². The molecule has 0 amide bonds. The van der Waals surface area contributed by atoms with Gasteiger partial charge in [-0.1, -0.05) is 48.5 Å². The van der Waals surface area contributed by atoms with E-state index in [0.717, 1.165) is 16.9 Å². The minimum Gasteiger partial charge on any atom is -0.473 e. The third-order valence-electron chi connectivity index (χ3n) is 3.26. The van der Waals surface area contributed by atoms with E-state index in [2.05, 4.69) is 0 Å². The van der Waals surface area contributed by atoms with Crippen molar-refractivity contribution in [2.24, 2.45) is 0 Å². The molecule has 0 saturated carbocycles. The SMILES string of the molecule is CC1Oc2ccccc2C(c2ccccc2)N1O. The molecule has 3 rings (SSSR count). The summed E-state index contributed by atoms with van der Waals surface area (Å²) >= 11 is 0. The summed E-state index contributed by atoms with van der Waals surface area (Å²) in [5.41, 5.74) is 2.05. The molecule has 1 aliphatic heterocycles. The van der Waals surface area contributed by atoms with Gasteiger partial charge in [-0.3, -0.25) is 0 Å². The van der Waals surface area contributed by atoms with Gasteiger partial charge in [0.15, 0.2) is 6.23 Å². The standard InChI is InChI=1S/C15H15NO2/c1-11-16(17)15(12-7-3-2-4-8-12)13-9-5-6-10-14(13)18-11/h2-11,15,17H,1H3. The summed E-state index contributed by atoms with van der Waals surface area (Å²) in [4.78, 5) is 0. The second kappa shape index (κ2) is 4.44. The maximum absolute atomic E-state index is 10.2. The molecule has 0 saturated heterocycles. The lowest BCUT2D eigenvalue weighted by Gasteiger charge is -2.37. The number of hydrogen-bond donors (Lipinski definition) is 1. The first-order valence-corrected chi connectivity index (χ1v) is 6.05. The molecule has 0 radical (unpaired) electrons. The zero-order chi connectivity index (χ0) is 12.5. The van der Waals surface area contributed by atoms with Crippen molar-refractivity contribution in [3.05, 3.63) is 65.7 Å². The number of fused-ring (bicyclic) bond motifs is 1. The van der Waals surface area contributed by atoms with Crippen molar-refractivity contribution < 1.29 is 9.94 Å². The van der Waals surface area contributed by atoms with E-state index < -0.39 is 0 Å². The maximum Gasteiger partial charge on any atom is 0.172 e. The molecule has 0 aliphatic carbocycles. The molecule has 18 heavy (non-hydrogen) atoms. The van der Waals surface area contributed by atoms with E-state index >= 15 is 0 Å². The van der Waals surface area contributed by atoms with Crippen LogP contribution >= 0.6 is 0 Å². The average molecular weight is 241 g/mol. The highest BCUT2D eigenvalue weighted by atomic mass is 16.6. The van der Waals surface area contributed by atoms with Gasteiger partial charge in [0.1, 0.15) is 5.75 Å². The van der Waals surface area contributed by atoms with Gasteiger partial charge in [0.2, 0.25) is 0 Å². The zero-order valence-corrected chi connectivity index (χ0v) is 10.2. The highest BCUT2D eigenvalue weighted by Gasteiger charge is 2.33. The fourth-order valence-electron chi connectivity index (χ4n) is 2.37. The summed E-state index contributed by atoms with van der Waals surface area (Å²) in [6.07, 6.45) is -0.356. The Bertz CT molecular complexity index is 541. The molecule has 0 spiro atoms. The Hall–Kier alpha value is -1.84. The van der Waals surface area contributed by atoms with Crippen LogP contribution in [0.3, 0.4) is 0 Å². The summed E-state index contributed by atoms with van der Waals surface area (Å²) in [6, 6.07) is 17.6. The van der Waals surface area contributed by atoms with Crippen LogP contribution < -0.4 is 4.74 Å². The molecule has 1 heterocycles. The van der Waals surface area contributed by atoms with E-state index in [0.29, 0.717) is 0 Å². The van der Waals surface area contributed by atoms with Gasteiger partial charge in [0.25, 0.3) is 0 Å². The number of nitrogens with zero attached hydrogens (tertiary/aromatic N) is 1. The monoisotopic (exact) mass is 241 g/mol. The molecule has 3 nitrogen and oxygen atoms in total. The number of benzene rings is 2. The molecule has 2 aromatic carbocycles. The molecular formula is C15H15NO2. The van der Waals surface area contributed by atoms with Crippen molar-refractivity contribution in [3.8, 4) is 5.75 Å². The Morgan fingerprint density at radius 1 is 1.00 bits per heavy atom. The van der Waals surface area contributed by atoms with E-state index in [-0.39, 0.29) is 12.3 Å². The van der Waals surface area contributed by atoms with E-state index in [4.69, 9.17) is 4.74 Å². The topological polar surface area (TPSA) is 32.7 Å². The third kappa shape index (κ3) is 1.78. The number of hydroxylamine groups is 2. The van der Waals surface area contributed by atoms with Gasteiger partial charge in [0.05, 0.1) is 6.04 Å². The van der Waals surface area contributed by atoms with Crippen LogP contribution in [0.4, 0.5) is 0 Å². The van der Waals surface area contributed by atoms with Crippen LogP contribution in [0.15, 0.2) is 54.6 Å². The molecule has 1 aliphatic rings. The first kappa shape index (κ1) is 11.3. The molecule has 3 heteroatoms. The summed E-state index contributed by atoms with van der Waals surface area (Å²) in [6.45, 7) is 1.84.